The molecule has 0 aromatic rings. The third kappa shape index (κ3) is 118. The Morgan fingerprint density at radius 1 is 1.17 bits per heavy atom. The van der Waals surface area contributed by atoms with Gasteiger partial charge in [-0.15, -0.1) is 0 Å². The van der Waals surface area contributed by atoms with E-state index in [-0.39, 0.29) is 26.2 Å². The Morgan fingerprint density at radius 3 is 1.17 bits per heavy atom. The SMILES string of the molecule is O=S(=O)([O-])[O-].[Bi+3]. The van der Waals surface area contributed by atoms with Crippen LogP contribution in [0.2, 0.25) is 0 Å². The molecule has 34 valence electrons. The molecule has 0 amide bonds. The Labute approximate surface area is 54.3 Å². The van der Waals surface area contributed by atoms with E-state index in [1.807, 2.05) is 0 Å². The molecule has 0 spiro atoms. The molecule has 0 heterocycles. The second kappa shape index (κ2) is 2.85. The number of hydrogen-bond donors (Lipinski definition) is 0. The van der Waals surface area contributed by atoms with Gasteiger partial charge in [-0.25, -0.2) is 0 Å². The van der Waals surface area contributed by atoms with Crippen molar-refractivity contribution in [3.63, 3.8) is 0 Å². The Balaban J connectivity index is 0. The average molecular weight is 305 g/mol. The van der Waals surface area contributed by atoms with Gasteiger partial charge in [0.2, 0.25) is 0 Å². The third-order valence-corrected chi connectivity index (χ3v) is 0. The summed E-state index contributed by atoms with van der Waals surface area (Å²) in [6.07, 6.45) is 0. The quantitative estimate of drug-likeness (QED) is 0.303. The molecule has 0 aliphatic carbocycles. The number of hydrogen-bond acceptors (Lipinski definition) is 4. The summed E-state index contributed by atoms with van der Waals surface area (Å²) in [6, 6.07) is 0. The maximum atomic E-state index is 8.52. The zero-order valence-corrected chi connectivity index (χ0v) is 6.78. The summed E-state index contributed by atoms with van der Waals surface area (Å²) in [4.78, 5) is 0. The van der Waals surface area contributed by atoms with E-state index in [9.17, 15) is 0 Å². The van der Waals surface area contributed by atoms with Crippen molar-refractivity contribution in [2.75, 3.05) is 0 Å². The molecule has 0 saturated heterocycles. The minimum Gasteiger partial charge on any atom is -0.759 e. The van der Waals surface area contributed by atoms with Crippen LogP contribution >= 0.6 is 0 Å². The molecule has 6 heavy (non-hydrogen) atoms. The summed E-state index contributed by atoms with van der Waals surface area (Å²) in [5, 5.41) is 0. The zero-order chi connectivity index (χ0) is 4.50. The van der Waals surface area contributed by atoms with Gasteiger partial charge >= 0.3 is 26.2 Å². The number of rotatable bonds is 0. The van der Waals surface area contributed by atoms with E-state index in [0.29, 0.717) is 0 Å². The van der Waals surface area contributed by atoms with Crippen LogP contribution in [0.1, 0.15) is 0 Å². The summed E-state index contributed by atoms with van der Waals surface area (Å²) in [5.41, 5.74) is 0. The Hall–Kier alpha value is 0.753. The van der Waals surface area contributed by atoms with E-state index in [0.717, 1.165) is 0 Å². The molecule has 0 aliphatic heterocycles. The molecule has 0 N–H and O–H groups in total. The van der Waals surface area contributed by atoms with Gasteiger partial charge in [0.25, 0.3) is 0 Å². The first-order valence-corrected chi connectivity index (χ1v) is 2.00. The molecule has 0 fully saturated rings. The van der Waals surface area contributed by atoms with E-state index in [1.165, 1.54) is 0 Å². The molecule has 0 bridgehead atoms. The van der Waals surface area contributed by atoms with Gasteiger partial charge in [0.1, 0.15) is 0 Å². The van der Waals surface area contributed by atoms with Crippen molar-refractivity contribution >= 4 is 36.6 Å². The van der Waals surface area contributed by atoms with Crippen molar-refractivity contribution in [3.05, 3.63) is 0 Å². The molecule has 0 aliphatic rings. The molecule has 0 unspecified atom stereocenters. The van der Waals surface area contributed by atoms with E-state index in [1.54, 1.807) is 0 Å². The molecule has 0 saturated carbocycles. The second-order valence-corrected chi connectivity index (χ2v) is 1.22. The minimum absolute atomic E-state index is 0. The first kappa shape index (κ1) is 9.89. The first-order valence-electron chi connectivity index (χ1n) is 0.667. The fourth-order valence-electron chi connectivity index (χ4n) is 0. The van der Waals surface area contributed by atoms with Crippen LogP contribution in [0.3, 0.4) is 0 Å². The van der Waals surface area contributed by atoms with Crippen molar-refractivity contribution in [1.29, 1.82) is 0 Å². The molecule has 4 nitrogen and oxygen atoms in total. The van der Waals surface area contributed by atoms with Gasteiger partial charge in [-0.2, -0.15) is 0 Å². The van der Waals surface area contributed by atoms with Gasteiger partial charge in [-0.1, -0.05) is 0 Å². The van der Waals surface area contributed by atoms with E-state index >= 15 is 0 Å². The molecule has 0 aromatic heterocycles. The second-order valence-electron chi connectivity index (χ2n) is 0.408. The largest absolute Gasteiger partial charge is 3.00 e. The van der Waals surface area contributed by atoms with Crippen molar-refractivity contribution in [1.82, 2.24) is 0 Å². The smallest absolute Gasteiger partial charge is 0.759 e. The molecule has 2 radical (unpaired) electrons. The minimum atomic E-state index is -5.17. The zero-order valence-electron chi connectivity index (χ0n) is 2.49. The summed E-state index contributed by atoms with van der Waals surface area (Å²) in [5.74, 6) is 0. The molecule has 6 heteroatoms. The average Bonchev–Trinajstić information content (AvgIpc) is 0.722. The molecular weight excluding hydrogens is 305 g/mol. The van der Waals surface area contributed by atoms with Gasteiger partial charge in [-0.3, -0.25) is 8.42 Å². The topological polar surface area (TPSA) is 80.3 Å². The van der Waals surface area contributed by atoms with Crippen LogP contribution in [-0.4, -0.2) is 43.7 Å². The van der Waals surface area contributed by atoms with Crippen molar-refractivity contribution < 1.29 is 17.5 Å². The van der Waals surface area contributed by atoms with Crippen molar-refractivity contribution in [2.45, 2.75) is 0 Å². The standard InChI is InChI=1S/Bi.H2O4S/c;1-5(2,3)4/h;(H2,1,2,3,4)/q+3;/p-2. The normalized spacial score (nSPS) is 9.67. The van der Waals surface area contributed by atoms with E-state index < -0.39 is 10.4 Å². The molecule has 0 atom stereocenters. The van der Waals surface area contributed by atoms with Gasteiger partial charge in [-0.05, 0) is 0 Å². The van der Waals surface area contributed by atoms with Crippen LogP contribution in [0.4, 0.5) is 0 Å². The maximum absolute atomic E-state index is 8.52. The fraction of sp³-hybridized carbons (Fsp3) is 0. The van der Waals surface area contributed by atoms with Gasteiger partial charge in [0.05, 0.1) is 0 Å². The van der Waals surface area contributed by atoms with Crippen LogP contribution in [0.5, 0.6) is 0 Å². The van der Waals surface area contributed by atoms with Crippen molar-refractivity contribution in [3.8, 4) is 0 Å². The summed E-state index contributed by atoms with van der Waals surface area (Å²) < 4.78 is 34.1. The van der Waals surface area contributed by atoms with Crippen LogP contribution in [-0.2, 0) is 10.4 Å². The first-order chi connectivity index (χ1) is 2.00. The summed E-state index contributed by atoms with van der Waals surface area (Å²) >= 11 is 0. The van der Waals surface area contributed by atoms with E-state index in [2.05, 4.69) is 0 Å². The van der Waals surface area contributed by atoms with Gasteiger partial charge in [0.15, 0.2) is 0 Å². The predicted molar refractivity (Wildman–Crippen MR) is 16.2 cm³/mol. The molecule has 0 rings (SSSR count). The summed E-state index contributed by atoms with van der Waals surface area (Å²) in [6.45, 7) is 0. The fourth-order valence-corrected chi connectivity index (χ4v) is 0. The van der Waals surface area contributed by atoms with Crippen LogP contribution in [0.15, 0.2) is 0 Å². The van der Waals surface area contributed by atoms with Crippen LogP contribution < -0.4 is 0 Å². The van der Waals surface area contributed by atoms with Gasteiger partial charge < -0.3 is 9.11 Å². The van der Waals surface area contributed by atoms with Gasteiger partial charge in [0, 0.05) is 10.4 Å². The Bertz CT molecular complexity index is 90.7. The van der Waals surface area contributed by atoms with E-state index in [4.69, 9.17) is 17.5 Å². The predicted octanol–water partition coefficient (Wildman–Crippen LogP) is -1.72. The van der Waals surface area contributed by atoms with Crippen LogP contribution in [0.25, 0.3) is 0 Å². The Kier molecular flexibility index (Phi) is 4.70. The maximum Gasteiger partial charge on any atom is 3.00 e. The molecule has 0 aromatic carbocycles. The Morgan fingerprint density at radius 2 is 1.17 bits per heavy atom. The molecular formula is BiO4S+. The monoisotopic (exact) mass is 305 g/mol. The van der Waals surface area contributed by atoms with Crippen LogP contribution in [0, 0.1) is 0 Å². The summed E-state index contributed by atoms with van der Waals surface area (Å²) in [7, 11) is -5.17. The van der Waals surface area contributed by atoms with Crippen molar-refractivity contribution in [2.24, 2.45) is 0 Å². The third-order valence-electron chi connectivity index (χ3n) is 0.